The van der Waals surface area contributed by atoms with Gasteiger partial charge in [-0.1, -0.05) is 24.0 Å². The van der Waals surface area contributed by atoms with Gasteiger partial charge in [-0.05, 0) is 69.0 Å². The van der Waals surface area contributed by atoms with E-state index in [2.05, 4.69) is 50.5 Å². The maximum Gasteiger partial charge on any atom is 0.263 e. The van der Waals surface area contributed by atoms with E-state index < -0.39 is 0 Å². The molecule has 0 unspecified atom stereocenters. The zero-order chi connectivity index (χ0) is 13.3. The number of rotatable bonds is 2. The second-order valence-electron chi connectivity index (χ2n) is 3.37. The van der Waals surface area contributed by atoms with Crippen LogP contribution >= 0.6 is 69.2 Å². The molecule has 18 heavy (non-hydrogen) atoms. The van der Waals surface area contributed by atoms with E-state index in [1.165, 1.54) is 11.8 Å². The van der Waals surface area contributed by atoms with Crippen molar-refractivity contribution in [1.82, 2.24) is 5.32 Å². The van der Waals surface area contributed by atoms with Gasteiger partial charge < -0.3 is 10.1 Å². The Morgan fingerprint density at radius 3 is 2.44 bits per heavy atom. The van der Waals surface area contributed by atoms with Crippen molar-refractivity contribution >= 4 is 85.5 Å². The molecule has 1 fully saturated rings. The SMILES string of the molecule is COc1c(I)cc(C=C2SC(=S)NC2=O)cc1I. The first kappa shape index (κ1) is 14.5. The van der Waals surface area contributed by atoms with Crippen LogP contribution in [0.2, 0.25) is 0 Å². The van der Waals surface area contributed by atoms with E-state index in [0.717, 1.165) is 18.5 Å². The highest BCUT2D eigenvalue weighted by molar-refractivity contribution is 14.1. The fraction of sp³-hybridized carbons (Fsp3) is 0.0909. The van der Waals surface area contributed by atoms with Crippen molar-refractivity contribution in [1.29, 1.82) is 0 Å². The zero-order valence-corrected chi connectivity index (χ0v) is 15.1. The minimum absolute atomic E-state index is 0.133. The van der Waals surface area contributed by atoms with Gasteiger partial charge in [0.05, 0.1) is 19.2 Å². The number of nitrogens with one attached hydrogen (secondary N) is 1. The molecule has 0 spiro atoms. The highest BCUT2D eigenvalue weighted by atomic mass is 127. The molecule has 1 aliphatic rings. The van der Waals surface area contributed by atoms with Crippen molar-refractivity contribution in [3.8, 4) is 5.75 Å². The molecule has 1 N–H and O–H groups in total. The molecular weight excluding hydrogens is 496 g/mol. The van der Waals surface area contributed by atoms with Crippen LogP contribution in [0, 0.1) is 7.14 Å². The number of ether oxygens (including phenoxy) is 1. The number of benzene rings is 1. The summed E-state index contributed by atoms with van der Waals surface area (Å²) in [4.78, 5) is 12.2. The van der Waals surface area contributed by atoms with Gasteiger partial charge >= 0.3 is 0 Å². The molecule has 7 heteroatoms. The lowest BCUT2D eigenvalue weighted by molar-refractivity contribution is -0.115. The summed E-state index contributed by atoms with van der Waals surface area (Å²) in [5, 5.41) is 2.60. The Morgan fingerprint density at radius 2 is 2.00 bits per heavy atom. The van der Waals surface area contributed by atoms with E-state index in [-0.39, 0.29) is 5.91 Å². The van der Waals surface area contributed by atoms with Gasteiger partial charge in [0.25, 0.3) is 5.91 Å². The number of carbonyl (C=O) groups excluding carboxylic acids is 1. The number of amides is 1. The first-order valence-electron chi connectivity index (χ1n) is 4.79. The van der Waals surface area contributed by atoms with Gasteiger partial charge in [-0.3, -0.25) is 4.79 Å². The summed E-state index contributed by atoms with van der Waals surface area (Å²) in [6.07, 6.45) is 1.84. The minimum atomic E-state index is -0.133. The van der Waals surface area contributed by atoms with Crippen LogP contribution < -0.4 is 10.1 Å². The monoisotopic (exact) mass is 503 g/mol. The first-order chi connectivity index (χ1) is 8.51. The van der Waals surface area contributed by atoms with Crippen molar-refractivity contribution in [2.45, 2.75) is 0 Å². The van der Waals surface area contributed by atoms with Crippen molar-refractivity contribution in [2.24, 2.45) is 0 Å². The van der Waals surface area contributed by atoms with Crippen LogP contribution in [-0.2, 0) is 4.79 Å². The highest BCUT2D eigenvalue weighted by Crippen LogP contribution is 2.31. The first-order valence-corrected chi connectivity index (χ1v) is 8.17. The van der Waals surface area contributed by atoms with E-state index in [0.29, 0.717) is 9.23 Å². The fourth-order valence-electron chi connectivity index (χ4n) is 1.43. The maximum absolute atomic E-state index is 11.6. The third-order valence-corrected chi connectivity index (χ3v) is 4.93. The van der Waals surface area contributed by atoms with Crippen molar-refractivity contribution < 1.29 is 9.53 Å². The predicted octanol–water partition coefficient (Wildman–Crippen LogP) is 3.39. The summed E-state index contributed by atoms with van der Waals surface area (Å²) >= 11 is 10.7. The van der Waals surface area contributed by atoms with Crippen LogP contribution in [0.5, 0.6) is 5.75 Å². The second kappa shape index (κ2) is 6.06. The summed E-state index contributed by atoms with van der Waals surface area (Å²) in [7, 11) is 1.65. The summed E-state index contributed by atoms with van der Waals surface area (Å²) in [6.45, 7) is 0. The Kier molecular flexibility index (Phi) is 4.89. The summed E-state index contributed by atoms with van der Waals surface area (Å²) in [5.74, 6) is 0.725. The quantitative estimate of drug-likeness (QED) is 0.382. The van der Waals surface area contributed by atoms with E-state index in [4.69, 9.17) is 17.0 Å². The van der Waals surface area contributed by atoms with E-state index in [1.807, 2.05) is 18.2 Å². The van der Waals surface area contributed by atoms with Gasteiger partial charge in [-0.15, -0.1) is 0 Å². The molecule has 1 saturated heterocycles. The van der Waals surface area contributed by atoms with Gasteiger partial charge in [0.1, 0.15) is 10.1 Å². The summed E-state index contributed by atoms with van der Waals surface area (Å²) < 4.78 is 7.83. The topological polar surface area (TPSA) is 38.3 Å². The Labute approximate surface area is 141 Å². The number of halogens is 2. The molecule has 1 heterocycles. The number of hydrogen-bond donors (Lipinski definition) is 1. The second-order valence-corrected chi connectivity index (χ2v) is 7.41. The Bertz CT molecular complexity index is 549. The Balaban J connectivity index is 2.39. The molecule has 0 atom stereocenters. The highest BCUT2D eigenvalue weighted by Gasteiger charge is 2.22. The molecule has 0 aliphatic carbocycles. The Morgan fingerprint density at radius 1 is 1.39 bits per heavy atom. The van der Waals surface area contributed by atoms with Crippen LogP contribution in [0.1, 0.15) is 5.56 Å². The van der Waals surface area contributed by atoms with E-state index >= 15 is 0 Å². The summed E-state index contributed by atoms with van der Waals surface area (Å²) in [6, 6.07) is 3.95. The average molecular weight is 503 g/mol. The molecule has 1 aromatic carbocycles. The molecular formula is C11H7I2NO2S2. The third kappa shape index (κ3) is 3.17. The van der Waals surface area contributed by atoms with Crippen LogP contribution in [0.3, 0.4) is 0 Å². The normalized spacial score (nSPS) is 17.2. The molecule has 1 aliphatic heterocycles. The molecule has 0 saturated carbocycles. The predicted molar refractivity (Wildman–Crippen MR) is 94.7 cm³/mol. The van der Waals surface area contributed by atoms with Gasteiger partial charge in [-0.25, -0.2) is 0 Å². The number of thioether (sulfide) groups is 1. The smallest absolute Gasteiger partial charge is 0.263 e. The van der Waals surface area contributed by atoms with Crippen molar-refractivity contribution in [3.05, 3.63) is 29.7 Å². The number of methoxy groups -OCH3 is 1. The van der Waals surface area contributed by atoms with Crippen LogP contribution in [0.15, 0.2) is 17.0 Å². The third-order valence-electron chi connectivity index (χ3n) is 2.16. The van der Waals surface area contributed by atoms with E-state index in [1.54, 1.807) is 7.11 Å². The van der Waals surface area contributed by atoms with Gasteiger partial charge in [0.15, 0.2) is 0 Å². The number of carbonyl (C=O) groups is 1. The molecule has 0 radical (unpaired) electrons. The van der Waals surface area contributed by atoms with E-state index in [9.17, 15) is 4.79 Å². The van der Waals surface area contributed by atoms with Crippen molar-refractivity contribution in [3.63, 3.8) is 0 Å². The van der Waals surface area contributed by atoms with Crippen molar-refractivity contribution in [2.75, 3.05) is 7.11 Å². The van der Waals surface area contributed by atoms with Crippen LogP contribution in [-0.4, -0.2) is 17.3 Å². The lowest BCUT2D eigenvalue weighted by atomic mass is 10.2. The van der Waals surface area contributed by atoms with Crippen LogP contribution in [0.4, 0.5) is 0 Å². The number of hydrogen-bond acceptors (Lipinski definition) is 4. The average Bonchev–Trinajstić information content (AvgIpc) is 2.57. The lowest BCUT2D eigenvalue weighted by Gasteiger charge is -2.07. The summed E-state index contributed by atoms with van der Waals surface area (Å²) in [5.41, 5.74) is 0.965. The number of thiocarbonyl (C=S) groups is 1. The Hall–Kier alpha value is 0.130. The van der Waals surface area contributed by atoms with Crippen LogP contribution in [0.25, 0.3) is 6.08 Å². The van der Waals surface area contributed by atoms with Gasteiger partial charge in [0, 0.05) is 0 Å². The zero-order valence-electron chi connectivity index (χ0n) is 9.12. The molecule has 94 valence electrons. The molecule has 3 nitrogen and oxygen atoms in total. The standard InChI is InChI=1S/C11H7I2NO2S2/c1-16-9-6(12)2-5(3-7(9)13)4-8-10(15)14-11(17)18-8/h2-4H,1H3,(H,14,15,17). The maximum atomic E-state index is 11.6. The fourth-order valence-corrected chi connectivity index (χ4v) is 4.73. The lowest BCUT2D eigenvalue weighted by Crippen LogP contribution is -2.17. The molecule has 0 bridgehead atoms. The van der Waals surface area contributed by atoms with Gasteiger partial charge in [0.2, 0.25) is 0 Å². The molecule has 0 aromatic heterocycles. The van der Waals surface area contributed by atoms with Gasteiger partial charge in [-0.2, -0.15) is 0 Å². The largest absolute Gasteiger partial charge is 0.495 e. The molecule has 1 aromatic rings. The molecule has 1 amide bonds. The molecule has 2 rings (SSSR count). The minimum Gasteiger partial charge on any atom is -0.495 e.